The second kappa shape index (κ2) is 10.5. The van der Waals surface area contributed by atoms with Crippen molar-refractivity contribution in [3.05, 3.63) is 70.3 Å². The van der Waals surface area contributed by atoms with Gasteiger partial charge >= 0.3 is 0 Å². The summed E-state index contributed by atoms with van der Waals surface area (Å²) in [6.45, 7) is -0.638. The molecule has 0 aliphatic carbocycles. The fourth-order valence-corrected chi connectivity index (χ4v) is 5.95. The first-order chi connectivity index (χ1) is 19.6. The number of carbonyl (C=O) groups is 1. The smallest absolute Gasteiger partial charge is 0.255 e. The third-order valence-electron chi connectivity index (χ3n) is 7.40. The van der Waals surface area contributed by atoms with Crippen molar-refractivity contribution in [2.24, 2.45) is 0 Å². The number of aliphatic hydroxyl groups is 3. The Balaban J connectivity index is 1.32. The molecule has 2 aromatic carbocycles. The van der Waals surface area contributed by atoms with E-state index >= 15 is 0 Å². The number of ether oxygens (including phenoxy) is 2. The molecule has 1 amide bonds. The molecular weight excluding hydrogens is 617 g/mol. The van der Waals surface area contributed by atoms with E-state index in [1.165, 1.54) is 12.5 Å². The van der Waals surface area contributed by atoms with E-state index in [1.54, 1.807) is 18.2 Å². The number of nitrogens with one attached hydrogen (secondary N) is 1. The predicted molar refractivity (Wildman–Crippen MR) is 137 cm³/mol. The molecule has 6 rings (SSSR count). The van der Waals surface area contributed by atoms with E-state index in [4.69, 9.17) is 13.9 Å². The third-order valence-corrected chi connectivity index (χ3v) is 8.06. The van der Waals surface area contributed by atoms with E-state index < -0.39 is 66.1 Å². The van der Waals surface area contributed by atoms with Crippen LogP contribution in [0.3, 0.4) is 0 Å². The highest BCUT2D eigenvalue weighted by atomic mass is 79.9. The molecule has 4 heterocycles. The average Bonchev–Trinajstić information content (AvgIpc) is 3.69. The minimum absolute atomic E-state index is 0.0511. The van der Waals surface area contributed by atoms with Gasteiger partial charge in [-0.2, -0.15) is 0 Å². The number of aromatic nitrogens is 3. The number of furan rings is 1. The number of hydrogen-bond donors (Lipinski definition) is 4. The average molecular weight is 639 g/mol. The van der Waals surface area contributed by atoms with Gasteiger partial charge in [0, 0.05) is 15.4 Å². The molecule has 1 spiro atoms. The SMILES string of the molecule is O=C(N[C@@H]1CCO[C@]12O[C@H](CO)[C@H](O)[C@H](n1cc(-c3cc(F)c(F)c(F)c3)nn1)[C@H]2O)c1coc2cccc(Br)c12. The zero-order valence-corrected chi connectivity index (χ0v) is 22.5. The van der Waals surface area contributed by atoms with E-state index in [1.807, 2.05) is 0 Å². The lowest BCUT2D eigenvalue weighted by molar-refractivity contribution is -0.344. The first-order valence-corrected chi connectivity index (χ1v) is 13.3. The monoisotopic (exact) mass is 638 g/mol. The van der Waals surface area contributed by atoms with Crippen LogP contribution in [0, 0.1) is 17.5 Å². The summed E-state index contributed by atoms with van der Waals surface area (Å²) >= 11 is 3.41. The number of aliphatic hydroxyl groups excluding tert-OH is 3. The first kappa shape index (κ1) is 27.8. The van der Waals surface area contributed by atoms with Crippen molar-refractivity contribution >= 4 is 32.8 Å². The van der Waals surface area contributed by atoms with Crippen molar-refractivity contribution in [2.45, 2.75) is 42.6 Å². The number of rotatable bonds is 5. The number of fused-ring (bicyclic) bond motifs is 1. The summed E-state index contributed by atoms with van der Waals surface area (Å²) < 4.78 is 60.0. The quantitative estimate of drug-likeness (QED) is 0.242. The molecule has 0 saturated carbocycles. The van der Waals surface area contributed by atoms with E-state index in [9.17, 15) is 33.3 Å². The topological polar surface area (TPSA) is 152 Å². The maximum absolute atomic E-state index is 13.8. The first-order valence-electron chi connectivity index (χ1n) is 12.5. The molecule has 2 saturated heterocycles. The van der Waals surface area contributed by atoms with Crippen LogP contribution >= 0.6 is 15.9 Å². The normalized spacial score (nSPS) is 28.0. The second-order valence-electron chi connectivity index (χ2n) is 9.75. The molecule has 2 aromatic heterocycles. The Labute approximate surface area is 237 Å². The van der Waals surface area contributed by atoms with Crippen LogP contribution in [0.1, 0.15) is 22.8 Å². The van der Waals surface area contributed by atoms with E-state index in [0.29, 0.717) is 15.4 Å². The maximum atomic E-state index is 13.8. The Hall–Kier alpha value is -3.34. The van der Waals surface area contributed by atoms with Crippen molar-refractivity contribution in [2.75, 3.05) is 13.2 Å². The summed E-state index contributed by atoms with van der Waals surface area (Å²) in [4.78, 5) is 13.4. The Kier molecular flexibility index (Phi) is 7.12. The van der Waals surface area contributed by atoms with Gasteiger partial charge in [-0.15, -0.1) is 5.10 Å². The summed E-state index contributed by atoms with van der Waals surface area (Å²) in [5.41, 5.74) is 0.466. The number of nitrogens with zero attached hydrogens (tertiary/aromatic N) is 3. The predicted octanol–water partition coefficient (Wildman–Crippen LogP) is 2.44. The van der Waals surface area contributed by atoms with Crippen molar-refractivity contribution in [1.29, 1.82) is 0 Å². The second-order valence-corrected chi connectivity index (χ2v) is 10.6. The van der Waals surface area contributed by atoms with Crippen LogP contribution in [-0.4, -0.2) is 79.6 Å². The standard InChI is InChI=1S/C26H22BrF3N4O7/c27-13-2-1-3-17-20(13)12(10-39-17)25(38)31-19-4-5-40-26(19)24(37)22(23(36)18(9-35)41-26)34-8-16(32-33-34)11-6-14(28)21(30)15(29)7-11/h1-3,6-8,10,18-19,22-24,35-37H,4-5,9H2,(H,31,38)/t18-,19-,22+,23+,24-,26+/m1/s1. The minimum atomic E-state index is -1.93. The van der Waals surface area contributed by atoms with Crippen LogP contribution in [0.5, 0.6) is 0 Å². The fourth-order valence-electron chi connectivity index (χ4n) is 5.39. The number of carbonyl (C=O) groups excluding carboxylic acids is 1. The molecule has 6 atom stereocenters. The van der Waals surface area contributed by atoms with Crippen LogP contribution in [0.4, 0.5) is 13.2 Å². The maximum Gasteiger partial charge on any atom is 0.255 e. The number of hydrogen-bond acceptors (Lipinski definition) is 9. The van der Waals surface area contributed by atoms with Gasteiger partial charge in [0.1, 0.15) is 41.9 Å². The molecule has 0 radical (unpaired) electrons. The van der Waals surface area contributed by atoms with Crippen molar-refractivity contribution < 1.29 is 47.2 Å². The molecule has 2 aliphatic rings. The van der Waals surface area contributed by atoms with Gasteiger partial charge in [-0.3, -0.25) is 4.79 Å². The van der Waals surface area contributed by atoms with Gasteiger partial charge in [0.05, 0.1) is 31.0 Å². The molecule has 41 heavy (non-hydrogen) atoms. The molecule has 0 bridgehead atoms. The van der Waals surface area contributed by atoms with Gasteiger partial charge in [-0.05, 0) is 30.7 Å². The third kappa shape index (κ3) is 4.52. The molecule has 4 N–H and O–H groups in total. The highest BCUT2D eigenvalue weighted by Gasteiger charge is 2.62. The lowest BCUT2D eigenvalue weighted by atomic mass is 9.86. The lowest BCUT2D eigenvalue weighted by Crippen LogP contribution is -2.69. The van der Waals surface area contributed by atoms with Crippen LogP contribution in [0.2, 0.25) is 0 Å². The largest absolute Gasteiger partial charge is 0.463 e. The Bertz CT molecular complexity index is 1610. The summed E-state index contributed by atoms with van der Waals surface area (Å²) in [5, 5.41) is 43.7. The van der Waals surface area contributed by atoms with E-state index in [-0.39, 0.29) is 29.8 Å². The molecule has 2 fully saturated rings. The number of halogens is 4. The van der Waals surface area contributed by atoms with Gasteiger partial charge in [-0.25, -0.2) is 17.9 Å². The minimum Gasteiger partial charge on any atom is -0.463 e. The fraction of sp³-hybridized carbons (Fsp3) is 0.346. The van der Waals surface area contributed by atoms with Crippen molar-refractivity contribution in [1.82, 2.24) is 20.3 Å². The van der Waals surface area contributed by atoms with Gasteiger partial charge in [0.25, 0.3) is 5.91 Å². The molecule has 15 heteroatoms. The van der Waals surface area contributed by atoms with E-state index in [0.717, 1.165) is 16.8 Å². The number of amides is 1. The summed E-state index contributed by atoms with van der Waals surface area (Å²) in [7, 11) is 0. The molecule has 0 unspecified atom stereocenters. The Morgan fingerprint density at radius 1 is 1.22 bits per heavy atom. The van der Waals surface area contributed by atoms with Crippen molar-refractivity contribution in [3.63, 3.8) is 0 Å². The molecule has 4 aromatic rings. The summed E-state index contributed by atoms with van der Waals surface area (Å²) in [5.74, 6) is -6.99. The van der Waals surface area contributed by atoms with Gasteiger partial charge in [0.15, 0.2) is 17.5 Å². The van der Waals surface area contributed by atoms with E-state index in [2.05, 4.69) is 31.6 Å². The van der Waals surface area contributed by atoms with Crippen LogP contribution < -0.4 is 5.32 Å². The van der Waals surface area contributed by atoms with Crippen LogP contribution in [-0.2, 0) is 9.47 Å². The zero-order valence-electron chi connectivity index (χ0n) is 20.9. The summed E-state index contributed by atoms with van der Waals surface area (Å²) in [6, 6.07) is 4.36. The highest BCUT2D eigenvalue weighted by molar-refractivity contribution is 9.10. The Morgan fingerprint density at radius 3 is 2.71 bits per heavy atom. The molecular formula is C26H22BrF3N4O7. The number of benzene rings is 2. The van der Waals surface area contributed by atoms with Gasteiger partial charge in [0.2, 0.25) is 5.79 Å². The molecule has 11 nitrogen and oxygen atoms in total. The Morgan fingerprint density at radius 2 is 1.98 bits per heavy atom. The van der Waals surface area contributed by atoms with Gasteiger partial charge < -0.3 is 34.5 Å². The summed E-state index contributed by atoms with van der Waals surface area (Å²) in [6.07, 6.45) is -1.83. The van der Waals surface area contributed by atoms with Gasteiger partial charge in [-0.1, -0.05) is 27.2 Å². The molecule has 2 aliphatic heterocycles. The van der Waals surface area contributed by atoms with Crippen LogP contribution in [0.25, 0.3) is 22.2 Å². The molecule has 216 valence electrons. The van der Waals surface area contributed by atoms with Crippen LogP contribution in [0.15, 0.2) is 51.7 Å². The van der Waals surface area contributed by atoms with Crippen molar-refractivity contribution in [3.8, 4) is 11.3 Å². The highest BCUT2D eigenvalue weighted by Crippen LogP contribution is 2.43. The zero-order chi connectivity index (χ0) is 29.1. The lowest BCUT2D eigenvalue weighted by Gasteiger charge is -2.49.